The van der Waals surface area contributed by atoms with Crippen molar-refractivity contribution in [2.75, 3.05) is 30.3 Å². The van der Waals surface area contributed by atoms with Crippen molar-refractivity contribution in [2.24, 2.45) is 5.73 Å². The number of nitrogens with two attached hydrogens (primary N) is 1. The monoisotopic (exact) mass is 527 g/mol. The molecule has 2 rings (SSSR count). The van der Waals surface area contributed by atoms with Gasteiger partial charge in [0.15, 0.2) is 0 Å². The number of anilines is 1. The van der Waals surface area contributed by atoms with Gasteiger partial charge in [0.05, 0.1) is 4.91 Å². The number of hydrogen-bond donors (Lipinski definition) is 1. The summed E-state index contributed by atoms with van der Waals surface area (Å²) >= 11 is 6.35. The maximum absolute atomic E-state index is 12.7. The van der Waals surface area contributed by atoms with Gasteiger partial charge in [0.2, 0.25) is 0 Å². The molecule has 0 atom stereocenters. The summed E-state index contributed by atoms with van der Waals surface area (Å²) in [6, 6.07) is 8.08. The van der Waals surface area contributed by atoms with E-state index in [1.165, 1.54) is 30.6 Å². The van der Waals surface area contributed by atoms with Crippen LogP contribution in [0, 0.1) is 0 Å². The molecule has 2 amide bonds. The number of carbonyl (C=O) groups excluding carboxylic acids is 2. The van der Waals surface area contributed by atoms with Crippen LogP contribution >= 0.6 is 24.0 Å². The minimum Gasteiger partial charge on any atom is -0.372 e. The highest BCUT2D eigenvalue weighted by molar-refractivity contribution is 8.26. The van der Waals surface area contributed by atoms with Crippen molar-refractivity contribution in [2.45, 2.75) is 52.4 Å². The molecule has 0 spiro atoms. The number of unbranched alkanes of at least 4 members (excludes halogenated alkanes) is 4. The maximum Gasteiger partial charge on any atom is 0.420 e. The quantitative estimate of drug-likeness (QED) is 0.163. The van der Waals surface area contributed by atoms with Crippen LogP contribution in [0.15, 0.2) is 29.2 Å². The highest BCUT2D eigenvalue weighted by atomic mass is 32.2. The number of primary amides is 1. The van der Waals surface area contributed by atoms with E-state index in [9.17, 15) is 18.0 Å². The van der Waals surface area contributed by atoms with E-state index < -0.39 is 22.0 Å². The lowest BCUT2D eigenvalue weighted by Gasteiger charge is -2.25. The number of nitrogens with zero attached hydrogens (tertiary/aromatic N) is 2. The lowest BCUT2D eigenvalue weighted by atomic mass is 10.1. The van der Waals surface area contributed by atoms with Gasteiger partial charge in [-0.15, -0.1) is 0 Å². The normalized spacial score (nSPS) is 15.2. The Bertz CT molecular complexity index is 984. The maximum atomic E-state index is 12.7. The zero-order valence-electron chi connectivity index (χ0n) is 19.7. The van der Waals surface area contributed by atoms with Gasteiger partial charge in [-0.3, -0.25) is 9.69 Å². The van der Waals surface area contributed by atoms with Gasteiger partial charge in [0, 0.05) is 25.3 Å². The molecule has 1 saturated heterocycles. The average Bonchev–Trinajstić information content (AvgIpc) is 3.03. The summed E-state index contributed by atoms with van der Waals surface area (Å²) in [5.74, 6) is -0.968. The Balaban J connectivity index is 2.06. The van der Waals surface area contributed by atoms with Crippen molar-refractivity contribution in [1.82, 2.24) is 4.90 Å². The van der Waals surface area contributed by atoms with Gasteiger partial charge in [0.25, 0.3) is 5.91 Å². The van der Waals surface area contributed by atoms with E-state index >= 15 is 0 Å². The molecule has 0 aliphatic carbocycles. The number of thioether (sulfide) groups is 1. The number of amides is 2. The van der Waals surface area contributed by atoms with Crippen molar-refractivity contribution >= 4 is 62.2 Å². The molecule has 0 radical (unpaired) electrons. The van der Waals surface area contributed by atoms with Crippen molar-refractivity contribution < 1.29 is 22.2 Å². The molecular formula is C23H33N3O5S3. The summed E-state index contributed by atoms with van der Waals surface area (Å²) in [6.07, 6.45) is 7.44. The van der Waals surface area contributed by atoms with Gasteiger partial charge >= 0.3 is 16.2 Å². The lowest BCUT2D eigenvalue weighted by Crippen LogP contribution is -2.34. The molecule has 2 N–H and O–H groups in total. The highest BCUT2D eigenvalue weighted by Gasteiger charge is 2.33. The fourth-order valence-electron chi connectivity index (χ4n) is 3.47. The number of thiocarbonyl (C=S) groups is 1. The first-order chi connectivity index (χ1) is 16.2. The van der Waals surface area contributed by atoms with E-state index in [0.717, 1.165) is 48.9 Å². The predicted molar refractivity (Wildman–Crippen MR) is 142 cm³/mol. The van der Waals surface area contributed by atoms with E-state index in [2.05, 4.69) is 35.1 Å². The molecule has 188 valence electrons. The van der Waals surface area contributed by atoms with E-state index in [0.29, 0.717) is 4.91 Å². The summed E-state index contributed by atoms with van der Waals surface area (Å²) in [6.45, 7) is 6.23. The molecule has 8 nitrogen and oxygen atoms in total. The molecule has 1 aromatic rings. The van der Waals surface area contributed by atoms with Gasteiger partial charge in [-0.25, -0.2) is 4.79 Å². The van der Waals surface area contributed by atoms with Crippen molar-refractivity contribution in [3.8, 4) is 0 Å². The zero-order valence-corrected chi connectivity index (χ0v) is 22.1. The minimum atomic E-state index is -4.18. The Morgan fingerprint density at radius 3 is 2.24 bits per heavy atom. The summed E-state index contributed by atoms with van der Waals surface area (Å²) in [5.41, 5.74) is 6.77. The SMILES string of the molecule is CCCCCN(CCCCC)c1ccc(C=C2SC(=S)N(CCS(=O)(=O)OC(N)=O)C2=O)cc1. The van der Waals surface area contributed by atoms with Crippen LogP contribution in [0.1, 0.15) is 57.9 Å². The third-order valence-corrected chi connectivity index (χ3v) is 7.75. The lowest BCUT2D eigenvalue weighted by molar-refractivity contribution is -0.121. The fourth-order valence-corrected chi connectivity index (χ4v) is 5.52. The second-order valence-electron chi connectivity index (χ2n) is 7.99. The molecule has 0 unspecified atom stereocenters. The van der Waals surface area contributed by atoms with Crippen LogP contribution < -0.4 is 10.6 Å². The van der Waals surface area contributed by atoms with Gasteiger partial charge in [0.1, 0.15) is 10.1 Å². The number of rotatable bonds is 14. The van der Waals surface area contributed by atoms with Crippen molar-refractivity contribution in [3.05, 3.63) is 34.7 Å². The van der Waals surface area contributed by atoms with E-state index in [4.69, 9.17) is 18.0 Å². The molecule has 0 bridgehead atoms. The third-order valence-electron chi connectivity index (χ3n) is 5.27. The Kier molecular flexibility index (Phi) is 11.3. The molecule has 1 fully saturated rings. The molecule has 1 aliphatic heterocycles. The fraction of sp³-hybridized carbons (Fsp3) is 0.522. The van der Waals surface area contributed by atoms with Gasteiger partial charge < -0.3 is 14.8 Å². The van der Waals surface area contributed by atoms with Crippen molar-refractivity contribution in [3.63, 3.8) is 0 Å². The molecule has 0 saturated carbocycles. The van der Waals surface area contributed by atoms with Crippen LogP contribution in [0.4, 0.5) is 10.5 Å². The highest BCUT2D eigenvalue weighted by Crippen LogP contribution is 2.32. The summed E-state index contributed by atoms with van der Waals surface area (Å²) in [4.78, 5) is 27.4. The molecular weight excluding hydrogens is 494 g/mol. The number of carbonyl (C=O) groups is 2. The van der Waals surface area contributed by atoms with E-state index in [-0.39, 0.29) is 16.8 Å². The molecule has 1 aliphatic rings. The van der Waals surface area contributed by atoms with Crippen LogP contribution in [0.5, 0.6) is 0 Å². The first-order valence-corrected chi connectivity index (χ1v) is 14.3. The summed E-state index contributed by atoms with van der Waals surface area (Å²) < 4.78 is 27.8. The van der Waals surface area contributed by atoms with E-state index in [1.54, 1.807) is 6.08 Å². The second-order valence-corrected chi connectivity index (χ2v) is 11.4. The van der Waals surface area contributed by atoms with Gasteiger partial charge in [-0.2, -0.15) is 8.42 Å². The minimum absolute atomic E-state index is 0.221. The molecule has 1 aromatic carbocycles. The van der Waals surface area contributed by atoms with Crippen molar-refractivity contribution in [1.29, 1.82) is 0 Å². The molecule has 1 heterocycles. The second kappa shape index (κ2) is 13.7. The number of benzene rings is 1. The van der Waals surface area contributed by atoms with Crippen LogP contribution in [0.25, 0.3) is 6.08 Å². The van der Waals surface area contributed by atoms with Gasteiger partial charge in [-0.05, 0) is 36.6 Å². The van der Waals surface area contributed by atoms with E-state index in [1.807, 2.05) is 12.1 Å². The molecule has 11 heteroatoms. The van der Waals surface area contributed by atoms with Crippen LogP contribution in [0.3, 0.4) is 0 Å². The average molecular weight is 528 g/mol. The largest absolute Gasteiger partial charge is 0.420 e. The summed E-state index contributed by atoms with van der Waals surface area (Å²) in [5, 5.41) is 0. The topological polar surface area (TPSA) is 110 Å². The standard InChI is InChI=1S/C23H33N3O5S3/c1-3-5-7-13-25(14-8-6-4-2)19-11-9-18(10-12-19)17-20-21(27)26(23(32)33-20)15-16-34(29,30)31-22(24)28/h9-12,17H,3-8,13-16H2,1-2H3,(H2,24,28). The Hall–Kier alpha value is -2.11. The first-order valence-electron chi connectivity index (χ1n) is 11.5. The summed E-state index contributed by atoms with van der Waals surface area (Å²) in [7, 11) is -4.18. The smallest absolute Gasteiger partial charge is 0.372 e. The van der Waals surface area contributed by atoms with Crippen LogP contribution in [-0.2, 0) is 19.1 Å². The first kappa shape index (κ1) is 28.1. The van der Waals surface area contributed by atoms with Crippen LogP contribution in [-0.4, -0.2) is 55.0 Å². The third kappa shape index (κ3) is 8.92. The Morgan fingerprint density at radius 1 is 1.12 bits per heavy atom. The predicted octanol–water partition coefficient (Wildman–Crippen LogP) is 4.50. The Labute approximate surface area is 212 Å². The molecule has 0 aromatic heterocycles. The number of hydrogen-bond acceptors (Lipinski definition) is 8. The molecule has 34 heavy (non-hydrogen) atoms. The zero-order chi connectivity index (χ0) is 25.1. The van der Waals surface area contributed by atoms with Crippen LogP contribution in [0.2, 0.25) is 0 Å². The van der Waals surface area contributed by atoms with Gasteiger partial charge in [-0.1, -0.05) is 75.6 Å². The Morgan fingerprint density at radius 2 is 1.71 bits per heavy atom.